The second kappa shape index (κ2) is 8.63. The van der Waals surface area contributed by atoms with Gasteiger partial charge in [0.1, 0.15) is 11.5 Å². The topological polar surface area (TPSA) is 21.7 Å². The number of hydrogen-bond acceptors (Lipinski definition) is 3. The monoisotopic (exact) mass is 361 g/mol. The van der Waals surface area contributed by atoms with Gasteiger partial charge in [-0.25, -0.2) is 0 Å². The van der Waals surface area contributed by atoms with Gasteiger partial charge in [0.05, 0.1) is 18.9 Å². The number of hydrogen-bond donors (Lipinski definition) is 0. The zero-order valence-corrected chi connectivity index (χ0v) is 16.5. The highest BCUT2D eigenvalue weighted by molar-refractivity contribution is 5.82. The summed E-state index contributed by atoms with van der Waals surface area (Å²) < 4.78 is 11.7. The van der Waals surface area contributed by atoms with Crippen LogP contribution in [0.25, 0.3) is 0 Å². The van der Waals surface area contributed by atoms with E-state index in [2.05, 4.69) is 67.3 Å². The Labute approximate surface area is 162 Å². The Hall–Kier alpha value is -2.94. The highest BCUT2D eigenvalue weighted by Crippen LogP contribution is 2.42. The maximum Gasteiger partial charge on any atom is 0.146 e. The van der Waals surface area contributed by atoms with Crippen molar-refractivity contribution in [1.29, 1.82) is 0 Å². The van der Waals surface area contributed by atoms with Crippen LogP contribution in [0.3, 0.4) is 0 Å². The molecule has 0 atom stereocenters. The Morgan fingerprint density at radius 3 is 2.11 bits per heavy atom. The summed E-state index contributed by atoms with van der Waals surface area (Å²) >= 11 is 0. The van der Waals surface area contributed by atoms with Crippen molar-refractivity contribution < 1.29 is 9.47 Å². The number of ether oxygens (including phenoxy) is 2. The van der Waals surface area contributed by atoms with Gasteiger partial charge in [-0.1, -0.05) is 35.9 Å². The largest absolute Gasteiger partial charge is 0.494 e. The minimum Gasteiger partial charge on any atom is -0.494 e. The lowest BCUT2D eigenvalue weighted by molar-refractivity contribution is 0.324. The van der Waals surface area contributed by atoms with Crippen molar-refractivity contribution in [3.05, 3.63) is 77.9 Å². The molecule has 0 bridgehead atoms. The van der Waals surface area contributed by atoms with Crippen molar-refractivity contribution in [2.75, 3.05) is 18.1 Å². The van der Waals surface area contributed by atoms with Gasteiger partial charge in [-0.15, -0.1) is 0 Å². The fraction of sp³-hybridized carbons (Fsp3) is 0.250. The summed E-state index contributed by atoms with van der Waals surface area (Å²) in [5.41, 5.74) is 5.70. The summed E-state index contributed by atoms with van der Waals surface area (Å²) in [6.07, 6.45) is 0. The second-order valence-corrected chi connectivity index (χ2v) is 6.46. The lowest BCUT2D eigenvalue weighted by Gasteiger charge is -2.29. The number of benzene rings is 3. The van der Waals surface area contributed by atoms with E-state index in [0.29, 0.717) is 13.2 Å². The third-order valence-corrected chi connectivity index (χ3v) is 4.39. The van der Waals surface area contributed by atoms with E-state index in [1.807, 2.05) is 32.0 Å². The SMILES string of the molecule is CCOc1ccc(N(c2ccccc2)c2ccc(C)cc2C)c(OCC)c1. The van der Waals surface area contributed by atoms with Crippen molar-refractivity contribution in [3.63, 3.8) is 0 Å². The van der Waals surface area contributed by atoms with Crippen LogP contribution in [0.2, 0.25) is 0 Å². The number of para-hydroxylation sites is 1. The predicted molar refractivity (Wildman–Crippen MR) is 113 cm³/mol. The summed E-state index contributed by atoms with van der Waals surface area (Å²) in [5.74, 6) is 1.63. The molecule has 0 aliphatic rings. The highest BCUT2D eigenvalue weighted by atomic mass is 16.5. The smallest absolute Gasteiger partial charge is 0.146 e. The number of rotatable bonds is 7. The van der Waals surface area contributed by atoms with Crippen molar-refractivity contribution in [3.8, 4) is 11.5 Å². The summed E-state index contributed by atoms with van der Waals surface area (Å²) in [6, 6.07) is 23.0. The molecule has 3 nitrogen and oxygen atoms in total. The van der Waals surface area contributed by atoms with Gasteiger partial charge in [0.2, 0.25) is 0 Å². The first-order valence-corrected chi connectivity index (χ1v) is 9.46. The normalized spacial score (nSPS) is 10.5. The van der Waals surface area contributed by atoms with Gasteiger partial charge in [0, 0.05) is 17.4 Å². The lowest BCUT2D eigenvalue weighted by Crippen LogP contribution is -2.13. The fourth-order valence-electron chi connectivity index (χ4n) is 3.25. The van der Waals surface area contributed by atoms with E-state index in [0.717, 1.165) is 28.6 Å². The minimum atomic E-state index is 0.595. The first-order chi connectivity index (χ1) is 13.1. The molecule has 140 valence electrons. The van der Waals surface area contributed by atoms with Crippen molar-refractivity contribution >= 4 is 17.1 Å². The molecule has 0 amide bonds. The van der Waals surface area contributed by atoms with Crippen molar-refractivity contribution in [1.82, 2.24) is 0 Å². The summed E-state index contributed by atoms with van der Waals surface area (Å²) in [4.78, 5) is 2.25. The first-order valence-electron chi connectivity index (χ1n) is 9.46. The molecule has 0 spiro atoms. The third kappa shape index (κ3) is 4.25. The van der Waals surface area contributed by atoms with Crippen LogP contribution in [-0.2, 0) is 0 Å². The minimum absolute atomic E-state index is 0.595. The van der Waals surface area contributed by atoms with Crippen LogP contribution in [0.4, 0.5) is 17.1 Å². The standard InChI is InChI=1S/C24H27NO2/c1-5-26-21-13-15-23(24(17-21)27-6-2)25(20-10-8-7-9-11-20)22-14-12-18(3)16-19(22)4/h7-17H,5-6H2,1-4H3. The summed E-state index contributed by atoms with van der Waals surface area (Å²) in [7, 11) is 0. The molecule has 0 aliphatic heterocycles. The molecular formula is C24H27NO2. The van der Waals surface area contributed by atoms with E-state index < -0.39 is 0 Å². The predicted octanol–water partition coefficient (Wildman–Crippen LogP) is 6.57. The Bertz CT molecular complexity index is 890. The van der Waals surface area contributed by atoms with Crippen LogP contribution in [0.15, 0.2) is 66.7 Å². The lowest BCUT2D eigenvalue weighted by atomic mass is 10.1. The molecule has 0 N–H and O–H groups in total. The maximum absolute atomic E-state index is 5.99. The molecule has 3 rings (SSSR count). The molecule has 0 fully saturated rings. The van der Waals surface area contributed by atoms with E-state index in [9.17, 15) is 0 Å². The molecule has 0 unspecified atom stereocenters. The molecule has 3 heteroatoms. The van der Waals surface area contributed by atoms with Crippen LogP contribution in [0.1, 0.15) is 25.0 Å². The Balaban J connectivity index is 2.19. The second-order valence-electron chi connectivity index (χ2n) is 6.46. The third-order valence-electron chi connectivity index (χ3n) is 4.39. The summed E-state index contributed by atoms with van der Waals surface area (Å²) in [5, 5.41) is 0. The van der Waals surface area contributed by atoms with E-state index in [1.54, 1.807) is 0 Å². The van der Waals surface area contributed by atoms with Gasteiger partial charge in [0.25, 0.3) is 0 Å². The molecule has 0 aromatic heterocycles. The van der Waals surface area contributed by atoms with Gasteiger partial charge in [-0.2, -0.15) is 0 Å². The fourth-order valence-corrected chi connectivity index (χ4v) is 3.25. The van der Waals surface area contributed by atoms with Gasteiger partial charge >= 0.3 is 0 Å². The molecule has 0 saturated carbocycles. The Morgan fingerprint density at radius 1 is 0.741 bits per heavy atom. The molecule has 0 aliphatic carbocycles. The number of aryl methyl sites for hydroxylation is 2. The van der Waals surface area contributed by atoms with Crippen LogP contribution >= 0.6 is 0 Å². The Kier molecular flexibility index (Phi) is 6.02. The first kappa shape index (κ1) is 18.8. The van der Waals surface area contributed by atoms with Crippen LogP contribution in [0, 0.1) is 13.8 Å². The average Bonchev–Trinajstić information content (AvgIpc) is 2.66. The van der Waals surface area contributed by atoms with Crippen LogP contribution in [-0.4, -0.2) is 13.2 Å². The summed E-state index contributed by atoms with van der Waals surface area (Å²) in [6.45, 7) is 9.48. The maximum atomic E-state index is 5.99. The number of nitrogens with zero attached hydrogens (tertiary/aromatic N) is 1. The van der Waals surface area contributed by atoms with Crippen molar-refractivity contribution in [2.45, 2.75) is 27.7 Å². The molecule has 27 heavy (non-hydrogen) atoms. The zero-order valence-electron chi connectivity index (χ0n) is 16.5. The van der Waals surface area contributed by atoms with Crippen molar-refractivity contribution in [2.24, 2.45) is 0 Å². The van der Waals surface area contributed by atoms with E-state index in [4.69, 9.17) is 9.47 Å². The zero-order chi connectivity index (χ0) is 19.2. The molecule has 0 saturated heterocycles. The van der Waals surface area contributed by atoms with Gasteiger partial charge < -0.3 is 14.4 Å². The molecule has 0 heterocycles. The van der Waals surface area contributed by atoms with Gasteiger partial charge in [0.15, 0.2) is 0 Å². The molecule has 0 radical (unpaired) electrons. The Morgan fingerprint density at radius 2 is 1.44 bits per heavy atom. The molecule has 3 aromatic carbocycles. The van der Waals surface area contributed by atoms with E-state index in [-0.39, 0.29) is 0 Å². The van der Waals surface area contributed by atoms with Crippen LogP contribution < -0.4 is 14.4 Å². The quantitative estimate of drug-likeness (QED) is 0.475. The van der Waals surface area contributed by atoms with E-state index >= 15 is 0 Å². The molecular weight excluding hydrogens is 334 g/mol. The van der Waals surface area contributed by atoms with Gasteiger partial charge in [-0.05, 0) is 63.6 Å². The van der Waals surface area contributed by atoms with Gasteiger partial charge in [-0.3, -0.25) is 0 Å². The van der Waals surface area contributed by atoms with Crippen LogP contribution in [0.5, 0.6) is 11.5 Å². The van der Waals surface area contributed by atoms with E-state index in [1.165, 1.54) is 11.1 Å². The average molecular weight is 361 g/mol. The molecule has 3 aromatic rings. The highest BCUT2D eigenvalue weighted by Gasteiger charge is 2.19. The number of anilines is 3.